The van der Waals surface area contributed by atoms with E-state index in [1.165, 1.54) is 6.07 Å². The highest BCUT2D eigenvalue weighted by atomic mass is 19.1. The first-order chi connectivity index (χ1) is 20.4. The first-order valence-electron chi connectivity index (χ1n) is 14.0. The summed E-state index contributed by atoms with van der Waals surface area (Å²) in [5.41, 5.74) is 7.81. The molecule has 1 aromatic heterocycles. The highest BCUT2D eigenvalue weighted by Crippen LogP contribution is 2.48. The minimum atomic E-state index is -0.590. The van der Waals surface area contributed by atoms with Gasteiger partial charge in [-0.25, -0.2) is 4.39 Å². The maximum Gasteiger partial charge on any atom is 0.256 e. The number of hydrogen-bond acceptors (Lipinski definition) is 6. The maximum atomic E-state index is 15.9. The second-order valence-corrected chi connectivity index (χ2v) is 10.8. The van der Waals surface area contributed by atoms with Gasteiger partial charge in [-0.2, -0.15) is 0 Å². The number of methoxy groups -OCH3 is 1. The molecule has 9 heteroatoms. The Morgan fingerprint density at radius 2 is 1.88 bits per heavy atom. The lowest BCUT2D eigenvalue weighted by Crippen LogP contribution is -2.32. The van der Waals surface area contributed by atoms with E-state index in [2.05, 4.69) is 5.32 Å². The molecule has 8 nitrogen and oxygen atoms in total. The summed E-state index contributed by atoms with van der Waals surface area (Å²) in [5, 5.41) is 4.85. The fraction of sp³-hybridized carbons (Fsp3) is 0.212. The average Bonchev–Trinajstić information content (AvgIpc) is 3.42. The molecule has 2 aliphatic rings. The molecule has 1 fully saturated rings. The summed E-state index contributed by atoms with van der Waals surface area (Å²) in [7, 11) is 1.60. The molecule has 3 N–H and O–H groups in total. The van der Waals surface area contributed by atoms with Gasteiger partial charge >= 0.3 is 0 Å². The molecule has 0 aliphatic carbocycles. The van der Waals surface area contributed by atoms with Crippen molar-refractivity contribution in [1.82, 2.24) is 9.88 Å². The van der Waals surface area contributed by atoms with Crippen molar-refractivity contribution >= 4 is 33.3 Å². The van der Waals surface area contributed by atoms with Crippen LogP contribution in [-0.4, -0.2) is 43.3 Å². The zero-order valence-corrected chi connectivity index (χ0v) is 23.0. The van der Waals surface area contributed by atoms with Crippen LogP contribution >= 0.6 is 0 Å². The predicted molar refractivity (Wildman–Crippen MR) is 161 cm³/mol. The van der Waals surface area contributed by atoms with Crippen molar-refractivity contribution in [2.45, 2.75) is 18.9 Å². The Labute approximate surface area is 241 Å². The fourth-order valence-corrected chi connectivity index (χ4v) is 6.05. The van der Waals surface area contributed by atoms with Crippen molar-refractivity contribution in [3.05, 3.63) is 100 Å². The molecule has 4 aromatic carbocycles. The van der Waals surface area contributed by atoms with E-state index in [9.17, 15) is 9.59 Å². The molecular formula is C33H29FN4O4. The molecule has 1 amide bonds. The number of nitrogens with zero attached hydrogens (tertiary/aromatic N) is 2. The number of para-hydroxylation sites is 1. The average molecular weight is 565 g/mol. The SMILES string of the molecule is COc1ccccc1CCNC(=O)c1cn2c3c(c(N4CCC(N)C4)c(F)cc3c1=O)Oc1cc3ccccc3cc1-2. The van der Waals surface area contributed by atoms with E-state index in [1.54, 1.807) is 17.9 Å². The lowest BCUT2D eigenvalue weighted by atomic mass is 10.0. The van der Waals surface area contributed by atoms with Gasteiger partial charge in [0.2, 0.25) is 5.43 Å². The van der Waals surface area contributed by atoms with Crippen molar-refractivity contribution in [3.63, 3.8) is 0 Å². The molecular weight excluding hydrogens is 535 g/mol. The van der Waals surface area contributed by atoms with E-state index < -0.39 is 17.2 Å². The van der Waals surface area contributed by atoms with Crippen molar-refractivity contribution in [3.8, 4) is 22.9 Å². The third-order valence-corrected chi connectivity index (χ3v) is 8.13. The molecule has 0 radical (unpaired) electrons. The minimum Gasteiger partial charge on any atom is -0.496 e. The second kappa shape index (κ2) is 10.2. The largest absolute Gasteiger partial charge is 0.496 e. The Morgan fingerprint density at radius 3 is 2.64 bits per heavy atom. The van der Waals surface area contributed by atoms with E-state index in [1.807, 2.05) is 65.6 Å². The van der Waals surface area contributed by atoms with Gasteiger partial charge in [0.1, 0.15) is 22.5 Å². The number of fused-ring (bicyclic) bond motifs is 3. The van der Waals surface area contributed by atoms with Gasteiger partial charge in [0, 0.05) is 31.9 Å². The molecule has 1 unspecified atom stereocenters. The summed E-state index contributed by atoms with van der Waals surface area (Å²) in [5.74, 6) is 0.355. The van der Waals surface area contributed by atoms with Gasteiger partial charge in [-0.3, -0.25) is 9.59 Å². The van der Waals surface area contributed by atoms with Crippen LogP contribution in [0.25, 0.3) is 27.4 Å². The highest BCUT2D eigenvalue weighted by molar-refractivity contribution is 6.02. The highest BCUT2D eigenvalue weighted by Gasteiger charge is 2.33. The van der Waals surface area contributed by atoms with Gasteiger partial charge in [0.15, 0.2) is 17.3 Å². The number of nitrogens with two attached hydrogens (primary N) is 1. The summed E-state index contributed by atoms with van der Waals surface area (Å²) >= 11 is 0. The van der Waals surface area contributed by atoms with Crippen LogP contribution in [-0.2, 0) is 6.42 Å². The number of ether oxygens (including phenoxy) is 2. The maximum absolute atomic E-state index is 15.9. The monoisotopic (exact) mass is 564 g/mol. The minimum absolute atomic E-state index is 0.0749. The number of hydrogen-bond donors (Lipinski definition) is 2. The number of rotatable bonds is 6. The second-order valence-electron chi connectivity index (χ2n) is 10.8. The van der Waals surface area contributed by atoms with Crippen LogP contribution in [0.1, 0.15) is 22.3 Å². The number of carbonyl (C=O) groups excluding carboxylic acids is 1. The topological polar surface area (TPSA) is 98.8 Å². The normalized spacial score (nSPS) is 15.5. The zero-order chi connectivity index (χ0) is 29.0. The molecule has 1 atom stereocenters. The van der Waals surface area contributed by atoms with Crippen LogP contribution in [0, 0.1) is 5.82 Å². The first kappa shape index (κ1) is 26.0. The molecule has 42 heavy (non-hydrogen) atoms. The number of amides is 1. The van der Waals surface area contributed by atoms with Crippen LogP contribution in [0.4, 0.5) is 10.1 Å². The van der Waals surface area contributed by atoms with Crippen molar-refractivity contribution in [1.29, 1.82) is 0 Å². The lowest BCUT2D eigenvalue weighted by molar-refractivity contribution is 0.0952. The molecule has 0 bridgehead atoms. The van der Waals surface area contributed by atoms with Gasteiger partial charge in [0.05, 0.1) is 18.2 Å². The number of anilines is 1. The zero-order valence-electron chi connectivity index (χ0n) is 23.0. The van der Waals surface area contributed by atoms with E-state index in [4.69, 9.17) is 15.2 Å². The third kappa shape index (κ3) is 4.24. The number of nitrogens with one attached hydrogen (secondary N) is 1. The number of halogens is 1. The van der Waals surface area contributed by atoms with Gasteiger partial charge in [-0.15, -0.1) is 0 Å². The van der Waals surface area contributed by atoms with Gasteiger partial charge in [0.25, 0.3) is 5.91 Å². The summed E-state index contributed by atoms with van der Waals surface area (Å²) in [6.45, 7) is 1.33. The van der Waals surface area contributed by atoms with Crippen molar-refractivity contribution in [2.75, 3.05) is 31.6 Å². The van der Waals surface area contributed by atoms with Crippen LogP contribution in [0.2, 0.25) is 0 Å². The Kier molecular flexibility index (Phi) is 6.31. The Morgan fingerprint density at radius 1 is 1.12 bits per heavy atom. The van der Waals surface area contributed by atoms with Crippen molar-refractivity contribution < 1.29 is 18.7 Å². The quantitative estimate of drug-likeness (QED) is 0.299. The summed E-state index contributed by atoms with van der Waals surface area (Å²) < 4.78 is 29.5. The molecule has 0 saturated carbocycles. The van der Waals surface area contributed by atoms with Crippen LogP contribution < -0.4 is 30.9 Å². The smallest absolute Gasteiger partial charge is 0.256 e. The molecule has 5 aromatic rings. The molecule has 212 valence electrons. The molecule has 0 spiro atoms. The van der Waals surface area contributed by atoms with Crippen LogP contribution in [0.3, 0.4) is 0 Å². The Hall–Kier alpha value is -4.89. The number of pyridine rings is 1. The molecule has 7 rings (SSSR count). The van der Waals surface area contributed by atoms with E-state index in [0.29, 0.717) is 36.5 Å². The summed E-state index contributed by atoms with van der Waals surface area (Å²) in [6, 6.07) is 20.4. The van der Waals surface area contributed by atoms with E-state index in [0.717, 1.165) is 28.5 Å². The fourth-order valence-electron chi connectivity index (χ4n) is 6.05. The first-order valence-corrected chi connectivity index (χ1v) is 14.0. The summed E-state index contributed by atoms with van der Waals surface area (Å²) in [4.78, 5) is 29.1. The lowest BCUT2D eigenvalue weighted by Gasteiger charge is -2.29. The Bertz CT molecular complexity index is 1950. The molecule has 3 heterocycles. The predicted octanol–water partition coefficient (Wildman–Crippen LogP) is 4.91. The van der Waals surface area contributed by atoms with Gasteiger partial charge in [-0.05, 0) is 53.4 Å². The number of carbonyl (C=O) groups is 1. The van der Waals surface area contributed by atoms with Gasteiger partial charge in [-0.1, -0.05) is 42.5 Å². The molecule has 2 aliphatic heterocycles. The van der Waals surface area contributed by atoms with Crippen molar-refractivity contribution in [2.24, 2.45) is 5.73 Å². The van der Waals surface area contributed by atoms with Gasteiger partial charge < -0.3 is 30.0 Å². The number of benzene rings is 4. The third-order valence-electron chi connectivity index (χ3n) is 8.13. The standard InChI is InChI=1S/C33H29FN4O4/c1-41-27-9-5-4-6-19(27)10-12-36-33(40)24-18-38-26-14-20-7-2-3-8-21(20)15-28(26)42-32-29(38)23(31(24)39)16-25(34)30(32)37-13-11-22(35)17-37/h2-9,14-16,18,22H,10-13,17,35H2,1H3,(H,36,40). The Balaban J connectivity index is 1.36. The summed E-state index contributed by atoms with van der Waals surface area (Å²) in [6.07, 6.45) is 2.78. The molecule has 1 saturated heterocycles. The van der Waals surface area contributed by atoms with E-state index >= 15 is 4.39 Å². The van der Waals surface area contributed by atoms with E-state index in [-0.39, 0.29) is 35.0 Å². The van der Waals surface area contributed by atoms with Crippen LogP contribution in [0.15, 0.2) is 77.7 Å². The number of aromatic nitrogens is 1. The van der Waals surface area contributed by atoms with Crippen LogP contribution in [0.5, 0.6) is 17.2 Å².